The SMILES string of the molecule is CC[C@H](C(=O)NC(=O)NO)c1ccccc1. The molecule has 0 saturated heterocycles. The Morgan fingerprint density at radius 1 is 1.31 bits per heavy atom. The zero-order chi connectivity index (χ0) is 12.0. The number of rotatable bonds is 3. The number of benzene rings is 1. The van der Waals surface area contributed by atoms with E-state index in [1.54, 1.807) is 0 Å². The molecule has 0 unspecified atom stereocenters. The fraction of sp³-hybridized carbons (Fsp3) is 0.273. The van der Waals surface area contributed by atoms with Crippen LogP contribution in [0, 0.1) is 0 Å². The molecule has 1 aromatic carbocycles. The number of amides is 3. The molecule has 0 saturated carbocycles. The molecule has 0 aliphatic carbocycles. The van der Waals surface area contributed by atoms with Crippen molar-refractivity contribution in [3.05, 3.63) is 35.9 Å². The van der Waals surface area contributed by atoms with E-state index in [0.29, 0.717) is 6.42 Å². The quantitative estimate of drug-likeness (QED) is 0.534. The summed E-state index contributed by atoms with van der Waals surface area (Å²) < 4.78 is 0. The molecular weight excluding hydrogens is 208 g/mol. The van der Waals surface area contributed by atoms with Crippen LogP contribution in [0.2, 0.25) is 0 Å². The van der Waals surface area contributed by atoms with E-state index in [9.17, 15) is 9.59 Å². The van der Waals surface area contributed by atoms with Gasteiger partial charge in [-0.05, 0) is 12.0 Å². The molecule has 3 N–H and O–H groups in total. The minimum absolute atomic E-state index is 0.390. The van der Waals surface area contributed by atoms with Crippen molar-refractivity contribution in [1.82, 2.24) is 10.8 Å². The molecule has 16 heavy (non-hydrogen) atoms. The standard InChI is InChI=1S/C11H14N2O3/c1-2-9(8-6-4-3-5-7-8)10(14)12-11(15)13-16/h3-7,9,16H,2H2,1H3,(H2,12,13,14,15)/t9-/m0/s1. The lowest BCUT2D eigenvalue weighted by molar-refractivity contribution is -0.121. The minimum Gasteiger partial charge on any atom is -0.287 e. The van der Waals surface area contributed by atoms with Crippen LogP contribution in [-0.4, -0.2) is 17.1 Å². The normalized spacial score (nSPS) is 11.6. The molecule has 0 spiro atoms. The van der Waals surface area contributed by atoms with Gasteiger partial charge in [0, 0.05) is 0 Å². The number of hydroxylamine groups is 1. The molecule has 3 amide bonds. The van der Waals surface area contributed by atoms with Crippen LogP contribution in [0.15, 0.2) is 30.3 Å². The van der Waals surface area contributed by atoms with Gasteiger partial charge in [0.25, 0.3) is 0 Å². The summed E-state index contributed by atoms with van der Waals surface area (Å²) in [4.78, 5) is 22.4. The third-order valence-electron chi connectivity index (χ3n) is 2.26. The highest BCUT2D eigenvalue weighted by molar-refractivity contribution is 5.97. The van der Waals surface area contributed by atoms with Gasteiger partial charge in [0.1, 0.15) is 0 Å². The molecule has 5 heteroatoms. The highest BCUT2D eigenvalue weighted by atomic mass is 16.5. The zero-order valence-electron chi connectivity index (χ0n) is 8.93. The first-order valence-electron chi connectivity index (χ1n) is 4.99. The summed E-state index contributed by atoms with van der Waals surface area (Å²) in [6.45, 7) is 1.86. The average molecular weight is 222 g/mol. The molecule has 5 nitrogen and oxygen atoms in total. The lowest BCUT2D eigenvalue weighted by Crippen LogP contribution is -2.40. The van der Waals surface area contributed by atoms with Gasteiger partial charge in [0.05, 0.1) is 5.92 Å². The van der Waals surface area contributed by atoms with E-state index in [-0.39, 0.29) is 0 Å². The molecule has 1 atom stereocenters. The molecule has 0 aliphatic rings. The number of hydrogen-bond donors (Lipinski definition) is 3. The van der Waals surface area contributed by atoms with E-state index < -0.39 is 17.9 Å². The molecule has 0 aromatic heterocycles. The summed E-state index contributed by atoms with van der Waals surface area (Å²) in [5.74, 6) is -0.821. The van der Waals surface area contributed by atoms with Crippen molar-refractivity contribution in [1.29, 1.82) is 0 Å². The Hall–Kier alpha value is -1.88. The van der Waals surface area contributed by atoms with Gasteiger partial charge in [-0.3, -0.25) is 15.3 Å². The zero-order valence-corrected chi connectivity index (χ0v) is 8.93. The van der Waals surface area contributed by atoms with Crippen LogP contribution >= 0.6 is 0 Å². The van der Waals surface area contributed by atoms with E-state index in [4.69, 9.17) is 5.21 Å². The maximum Gasteiger partial charge on any atom is 0.345 e. The first kappa shape index (κ1) is 12.2. The van der Waals surface area contributed by atoms with E-state index in [1.165, 1.54) is 5.48 Å². The Kier molecular flexibility index (Phi) is 4.47. The van der Waals surface area contributed by atoms with Crippen molar-refractivity contribution < 1.29 is 14.8 Å². The largest absolute Gasteiger partial charge is 0.345 e. The summed E-state index contributed by atoms with van der Waals surface area (Å²) >= 11 is 0. The minimum atomic E-state index is -0.917. The fourth-order valence-corrected chi connectivity index (χ4v) is 1.48. The van der Waals surface area contributed by atoms with Crippen LogP contribution in [0.4, 0.5) is 4.79 Å². The van der Waals surface area contributed by atoms with Crippen molar-refractivity contribution in [2.24, 2.45) is 0 Å². The maximum absolute atomic E-state index is 11.7. The molecule has 0 aliphatic heterocycles. The number of urea groups is 1. The van der Waals surface area contributed by atoms with E-state index in [2.05, 4.69) is 0 Å². The third-order valence-corrected chi connectivity index (χ3v) is 2.26. The molecule has 0 radical (unpaired) electrons. The Morgan fingerprint density at radius 2 is 1.94 bits per heavy atom. The van der Waals surface area contributed by atoms with Gasteiger partial charge >= 0.3 is 6.03 Å². The van der Waals surface area contributed by atoms with Gasteiger partial charge in [-0.2, -0.15) is 0 Å². The Balaban J connectivity index is 2.75. The molecule has 1 rings (SSSR count). The van der Waals surface area contributed by atoms with E-state index >= 15 is 0 Å². The monoisotopic (exact) mass is 222 g/mol. The van der Waals surface area contributed by atoms with Crippen molar-refractivity contribution in [3.8, 4) is 0 Å². The van der Waals surface area contributed by atoms with Gasteiger partial charge in [-0.25, -0.2) is 10.3 Å². The first-order chi connectivity index (χ1) is 7.69. The van der Waals surface area contributed by atoms with Crippen LogP contribution in [0.3, 0.4) is 0 Å². The Labute approximate surface area is 93.4 Å². The van der Waals surface area contributed by atoms with Gasteiger partial charge in [-0.15, -0.1) is 0 Å². The van der Waals surface area contributed by atoms with Crippen LogP contribution in [0.25, 0.3) is 0 Å². The topological polar surface area (TPSA) is 78.4 Å². The second-order valence-corrected chi connectivity index (χ2v) is 3.30. The number of imide groups is 1. The summed E-state index contributed by atoms with van der Waals surface area (Å²) in [6.07, 6.45) is 0.578. The predicted octanol–water partition coefficient (Wildman–Crippen LogP) is 1.40. The van der Waals surface area contributed by atoms with E-state index in [1.807, 2.05) is 42.6 Å². The van der Waals surface area contributed by atoms with Crippen LogP contribution in [0.5, 0.6) is 0 Å². The molecule has 1 aromatic rings. The lowest BCUT2D eigenvalue weighted by atomic mass is 9.96. The second kappa shape index (κ2) is 5.87. The van der Waals surface area contributed by atoms with E-state index in [0.717, 1.165) is 5.56 Å². The van der Waals surface area contributed by atoms with Crippen LogP contribution in [0.1, 0.15) is 24.8 Å². The second-order valence-electron chi connectivity index (χ2n) is 3.30. The number of carbonyl (C=O) groups excluding carboxylic acids is 2. The Bertz CT molecular complexity index is 365. The number of carbonyl (C=O) groups is 2. The molecule has 0 fully saturated rings. The van der Waals surface area contributed by atoms with Gasteiger partial charge in [0.15, 0.2) is 0 Å². The summed E-state index contributed by atoms with van der Waals surface area (Å²) in [7, 11) is 0. The highest BCUT2D eigenvalue weighted by Crippen LogP contribution is 2.18. The number of nitrogens with one attached hydrogen (secondary N) is 2. The summed E-state index contributed by atoms with van der Waals surface area (Å²) in [5, 5.41) is 10.3. The average Bonchev–Trinajstić information content (AvgIpc) is 2.31. The maximum atomic E-state index is 11.7. The third kappa shape index (κ3) is 3.06. The Morgan fingerprint density at radius 3 is 2.44 bits per heavy atom. The van der Waals surface area contributed by atoms with Crippen LogP contribution in [-0.2, 0) is 4.79 Å². The fourth-order valence-electron chi connectivity index (χ4n) is 1.48. The van der Waals surface area contributed by atoms with Gasteiger partial charge in [-0.1, -0.05) is 37.3 Å². The summed E-state index contributed by atoms with van der Waals surface area (Å²) in [5.41, 5.74) is 2.20. The first-order valence-corrected chi connectivity index (χ1v) is 4.99. The smallest absolute Gasteiger partial charge is 0.287 e. The predicted molar refractivity (Wildman–Crippen MR) is 57.9 cm³/mol. The lowest BCUT2D eigenvalue weighted by Gasteiger charge is -2.13. The molecule has 86 valence electrons. The molecular formula is C11H14N2O3. The summed E-state index contributed by atoms with van der Waals surface area (Å²) in [6, 6.07) is 8.25. The van der Waals surface area contributed by atoms with Crippen molar-refractivity contribution in [2.45, 2.75) is 19.3 Å². The van der Waals surface area contributed by atoms with Crippen molar-refractivity contribution in [2.75, 3.05) is 0 Å². The molecule has 0 heterocycles. The molecule has 0 bridgehead atoms. The highest BCUT2D eigenvalue weighted by Gasteiger charge is 2.19. The number of hydrogen-bond acceptors (Lipinski definition) is 3. The van der Waals surface area contributed by atoms with Crippen molar-refractivity contribution in [3.63, 3.8) is 0 Å². The van der Waals surface area contributed by atoms with Crippen LogP contribution < -0.4 is 10.8 Å². The van der Waals surface area contributed by atoms with Gasteiger partial charge in [0.2, 0.25) is 5.91 Å². The van der Waals surface area contributed by atoms with Crippen molar-refractivity contribution >= 4 is 11.9 Å². The van der Waals surface area contributed by atoms with Gasteiger partial charge < -0.3 is 0 Å².